The molecule has 1 amide bonds. The smallest absolute Gasteiger partial charge is 0.223 e. The second-order valence-corrected chi connectivity index (χ2v) is 4.03. The highest BCUT2D eigenvalue weighted by molar-refractivity contribution is 5.81. The molecule has 0 radical (unpaired) electrons. The van der Waals surface area contributed by atoms with Crippen LogP contribution in [0.25, 0.3) is 0 Å². The lowest BCUT2D eigenvalue weighted by Crippen LogP contribution is -2.37. The summed E-state index contributed by atoms with van der Waals surface area (Å²) in [6.45, 7) is 2.15. The summed E-state index contributed by atoms with van der Waals surface area (Å²) in [6, 6.07) is 0.420. The van der Waals surface area contributed by atoms with Gasteiger partial charge in [0, 0.05) is 18.5 Å². The number of hydrogen-bond acceptors (Lipinski definition) is 2. The van der Waals surface area contributed by atoms with Gasteiger partial charge in [0.1, 0.15) is 0 Å². The van der Waals surface area contributed by atoms with E-state index in [4.69, 9.17) is 0 Å². The average Bonchev–Trinajstić information content (AvgIpc) is 2.78. The summed E-state index contributed by atoms with van der Waals surface area (Å²) < 4.78 is 0. The van der Waals surface area contributed by atoms with Gasteiger partial charge in [-0.15, -0.1) is 0 Å². The predicted octanol–water partition coefficient (Wildman–Crippen LogP) is 0.217. The molecule has 12 heavy (non-hydrogen) atoms. The molecular formula is C9H16N2O. The van der Waals surface area contributed by atoms with E-state index in [1.165, 1.54) is 0 Å². The average molecular weight is 168 g/mol. The Hall–Kier alpha value is -0.570. The largest absolute Gasteiger partial charge is 0.352 e. The molecular weight excluding hydrogens is 152 g/mol. The van der Waals surface area contributed by atoms with Gasteiger partial charge in [-0.05, 0) is 32.9 Å². The number of nitrogens with one attached hydrogen (secondary N) is 1. The Balaban J connectivity index is 1.75. The van der Waals surface area contributed by atoms with Gasteiger partial charge in [-0.3, -0.25) is 4.79 Å². The molecule has 0 bridgehead atoms. The van der Waals surface area contributed by atoms with Crippen molar-refractivity contribution in [1.29, 1.82) is 0 Å². The minimum Gasteiger partial charge on any atom is -0.352 e. The molecule has 0 unspecified atom stereocenters. The van der Waals surface area contributed by atoms with Gasteiger partial charge in [-0.1, -0.05) is 0 Å². The van der Waals surface area contributed by atoms with Crippen LogP contribution in [0.3, 0.4) is 0 Å². The highest BCUT2D eigenvalue weighted by atomic mass is 16.2. The summed E-state index contributed by atoms with van der Waals surface area (Å²) in [6.07, 6.45) is 3.33. The van der Waals surface area contributed by atoms with Crippen molar-refractivity contribution in [3.05, 3.63) is 0 Å². The third-order valence-electron chi connectivity index (χ3n) is 2.69. The van der Waals surface area contributed by atoms with E-state index in [0.717, 1.165) is 32.4 Å². The minimum absolute atomic E-state index is 0.287. The quantitative estimate of drug-likeness (QED) is 0.639. The van der Waals surface area contributed by atoms with Crippen LogP contribution >= 0.6 is 0 Å². The van der Waals surface area contributed by atoms with Crippen molar-refractivity contribution in [2.45, 2.75) is 25.3 Å². The van der Waals surface area contributed by atoms with E-state index in [1.54, 1.807) is 0 Å². The SMILES string of the molecule is CN1CC[C@@H](NC(=O)C2CC2)C1. The van der Waals surface area contributed by atoms with E-state index in [1.807, 2.05) is 0 Å². The van der Waals surface area contributed by atoms with Gasteiger partial charge in [0.05, 0.1) is 0 Å². The first-order valence-electron chi connectivity index (χ1n) is 4.74. The molecule has 2 rings (SSSR count). The first-order valence-corrected chi connectivity index (χ1v) is 4.74. The highest BCUT2D eigenvalue weighted by Crippen LogP contribution is 2.29. The monoisotopic (exact) mass is 168 g/mol. The van der Waals surface area contributed by atoms with E-state index in [-0.39, 0.29) is 5.91 Å². The second-order valence-electron chi connectivity index (χ2n) is 4.03. The first-order chi connectivity index (χ1) is 5.75. The van der Waals surface area contributed by atoms with Crippen molar-refractivity contribution < 1.29 is 4.79 Å². The summed E-state index contributed by atoms with van der Waals surface area (Å²) in [7, 11) is 2.10. The molecule has 1 aliphatic heterocycles. The number of carbonyl (C=O) groups excluding carboxylic acids is 1. The lowest BCUT2D eigenvalue weighted by Gasteiger charge is -2.11. The summed E-state index contributed by atoms with van der Waals surface area (Å²) in [5.41, 5.74) is 0. The normalized spacial score (nSPS) is 30.6. The molecule has 68 valence electrons. The zero-order valence-corrected chi connectivity index (χ0v) is 7.55. The van der Waals surface area contributed by atoms with Gasteiger partial charge in [-0.2, -0.15) is 0 Å². The van der Waals surface area contributed by atoms with Gasteiger partial charge >= 0.3 is 0 Å². The molecule has 0 aromatic carbocycles. The van der Waals surface area contributed by atoms with Crippen molar-refractivity contribution in [1.82, 2.24) is 10.2 Å². The molecule has 0 aromatic heterocycles. The molecule has 1 saturated carbocycles. The predicted molar refractivity (Wildman–Crippen MR) is 46.8 cm³/mol. The number of carbonyl (C=O) groups is 1. The Morgan fingerprint density at radius 2 is 2.17 bits per heavy atom. The molecule has 0 spiro atoms. The standard InChI is InChI=1S/C9H16N2O/c1-11-5-4-8(6-11)10-9(12)7-2-3-7/h7-8H,2-6H2,1H3,(H,10,12)/t8-/m1/s1. The fourth-order valence-electron chi connectivity index (χ4n) is 1.72. The van der Waals surface area contributed by atoms with E-state index >= 15 is 0 Å². The summed E-state index contributed by atoms with van der Waals surface area (Å²) in [5, 5.41) is 3.09. The van der Waals surface area contributed by atoms with Crippen molar-refractivity contribution in [3.63, 3.8) is 0 Å². The zero-order valence-electron chi connectivity index (χ0n) is 7.55. The van der Waals surface area contributed by atoms with Gasteiger partial charge in [0.25, 0.3) is 0 Å². The molecule has 0 aromatic rings. The Kier molecular flexibility index (Phi) is 2.05. The molecule has 1 aliphatic carbocycles. The van der Waals surface area contributed by atoms with Crippen molar-refractivity contribution in [3.8, 4) is 0 Å². The fraction of sp³-hybridized carbons (Fsp3) is 0.889. The maximum absolute atomic E-state index is 11.3. The molecule has 1 heterocycles. The maximum Gasteiger partial charge on any atom is 0.223 e. The van der Waals surface area contributed by atoms with Gasteiger partial charge < -0.3 is 10.2 Å². The topological polar surface area (TPSA) is 32.3 Å². The molecule has 1 atom stereocenters. The fourth-order valence-corrected chi connectivity index (χ4v) is 1.72. The van der Waals surface area contributed by atoms with E-state index in [2.05, 4.69) is 17.3 Å². The number of amides is 1. The van der Waals surface area contributed by atoms with E-state index in [9.17, 15) is 4.79 Å². The van der Waals surface area contributed by atoms with Crippen LogP contribution in [0.4, 0.5) is 0 Å². The van der Waals surface area contributed by atoms with Gasteiger partial charge in [0.2, 0.25) is 5.91 Å². The lowest BCUT2D eigenvalue weighted by atomic mass is 10.2. The van der Waals surface area contributed by atoms with E-state index in [0.29, 0.717) is 12.0 Å². The van der Waals surface area contributed by atoms with Gasteiger partial charge in [0.15, 0.2) is 0 Å². The number of likely N-dealkylation sites (N-methyl/N-ethyl adjacent to an activating group) is 1. The molecule has 1 N–H and O–H groups in total. The van der Waals surface area contributed by atoms with Crippen LogP contribution in [0.5, 0.6) is 0 Å². The minimum atomic E-state index is 0.287. The highest BCUT2D eigenvalue weighted by Gasteiger charge is 2.32. The first kappa shape index (κ1) is 8.05. The number of likely N-dealkylation sites (tertiary alicyclic amines) is 1. The summed E-state index contributed by atoms with van der Waals surface area (Å²) in [5.74, 6) is 0.645. The molecule has 1 saturated heterocycles. The Labute approximate surface area is 73.1 Å². The Bertz CT molecular complexity index is 189. The zero-order chi connectivity index (χ0) is 8.55. The van der Waals surface area contributed by atoms with Crippen molar-refractivity contribution in [2.75, 3.05) is 20.1 Å². The molecule has 3 nitrogen and oxygen atoms in total. The summed E-state index contributed by atoms with van der Waals surface area (Å²) >= 11 is 0. The maximum atomic E-state index is 11.3. The van der Waals surface area contributed by atoms with Crippen LogP contribution in [0.15, 0.2) is 0 Å². The van der Waals surface area contributed by atoms with Crippen molar-refractivity contribution in [2.24, 2.45) is 5.92 Å². The third-order valence-corrected chi connectivity index (χ3v) is 2.69. The molecule has 2 fully saturated rings. The number of nitrogens with zero attached hydrogens (tertiary/aromatic N) is 1. The van der Waals surface area contributed by atoms with Crippen LogP contribution in [0.2, 0.25) is 0 Å². The number of hydrogen-bond donors (Lipinski definition) is 1. The van der Waals surface area contributed by atoms with Crippen molar-refractivity contribution >= 4 is 5.91 Å². The van der Waals surface area contributed by atoms with Crippen LogP contribution in [0, 0.1) is 5.92 Å². The molecule has 3 heteroatoms. The second kappa shape index (κ2) is 3.05. The summed E-state index contributed by atoms with van der Waals surface area (Å²) in [4.78, 5) is 13.6. The lowest BCUT2D eigenvalue weighted by molar-refractivity contribution is -0.122. The van der Waals surface area contributed by atoms with Gasteiger partial charge in [-0.25, -0.2) is 0 Å². The molecule has 2 aliphatic rings. The van der Waals surface area contributed by atoms with Crippen LogP contribution < -0.4 is 5.32 Å². The van der Waals surface area contributed by atoms with Crippen LogP contribution in [0.1, 0.15) is 19.3 Å². The number of rotatable bonds is 2. The van der Waals surface area contributed by atoms with Crippen LogP contribution in [-0.4, -0.2) is 37.0 Å². The van der Waals surface area contributed by atoms with E-state index < -0.39 is 0 Å². The Morgan fingerprint density at radius 1 is 1.42 bits per heavy atom. The van der Waals surface area contributed by atoms with Crippen LogP contribution in [-0.2, 0) is 4.79 Å². The Morgan fingerprint density at radius 3 is 2.67 bits per heavy atom. The third kappa shape index (κ3) is 1.78.